The van der Waals surface area contributed by atoms with E-state index in [-0.39, 0.29) is 46.2 Å². The molecule has 2 heterocycles. The molecule has 0 aliphatic rings. The Balaban J connectivity index is 2.30. The molecule has 0 saturated heterocycles. The summed E-state index contributed by atoms with van der Waals surface area (Å²) < 4.78 is 1.18. The third-order valence-corrected chi connectivity index (χ3v) is 3.65. The molecule has 0 saturated carbocycles. The van der Waals surface area contributed by atoms with Gasteiger partial charge >= 0.3 is 11.1 Å². The van der Waals surface area contributed by atoms with Crippen molar-refractivity contribution < 1.29 is 4.92 Å². The minimum absolute atomic E-state index is 0.0384. The molecule has 3 rings (SSSR count). The average molecular weight is 352 g/mol. The number of nitro groups is 1. The number of fused-ring (bicyclic) bond motifs is 1. The maximum absolute atomic E-state index is 11.6. The number of imidazole rings is 1. The number of nitrogens with two attached hydrogens (primary N) is 1. The van der Waals surface area contributed by atoms with E-state index in [1.165, 1.54) is 10.6 Å². The highest BCUT2D eigenvalue weighted by molar-refractivity contribution is 5.80. The number of nitriles is 2. The van der Waals surface area contributed by atoms with Gasteiger partial charge in [0.2, 0.25) is 5.95 Å². The molecule has 4 N–H and O–H groups in total. The van der Waals surface area contributed by atoms with E-state index in [2.05, 4.69) is 15.0 Å². The lowest BCUT2D eigenvalue weighted by Crippen LogP contribution is -2.29. The predicted octanol–water partition coefficient (Wildman–Crippen LogP) is -0.305. The van der Waals surface area contributed by atoms with Gasteiger partial charge in [0, 0.05) is 17.7 Å². The summed E-state index contributed by atoms with van der Waals surface area (Å²) in [5.41, 5.74) is 3.53. The standard InChI is InChI=1S/C14H8N8O4/c15-3-9-10(4-16)21(14(17)19-9)5-6-1-7(22(25)26)2-8-11(6)20-13(24)12(23)18-8/h1-2H,5H2,(H2,17,19)(H,18,23)(H,20,24). The van der Waals surface area contributed by atoms with Crippen molar-refractivity contribution in [1.82, 2.24) is 19.5 Å². The number of H-pyrrole nitrogens is 2. The van der Waals surface area contributed by atoms with Crippen LogP contribution in [0, 0.1) is 32.8 Å². The molecule has 0 amide bonds. The summed E-state index contributed by atoms with van der Waals surface area (Å²) in [6.07, 6.45) is 0. The van der Waals surface area contributed by atoms with Gasteiger partial charge in [-0.2, -0.15) is 10.5 Å². The summed E-state index contributed by atoms with van der Waals surface area (Å²) in [7, 11) is 0. The van der Waals surface area contributed by atoms with Crippen LogP contribution in [0.25, 0.3) is 11.0 Å². The Kier molecular flexibility index (Phi) is 3.71. The lowest BCUT2D eigenvalue weighted by Gasteiger charge is -2.09. The molecule has 0 spiro atoms. The van der Waals surface area contributed by atoms with Gasteiger partial charge in [-0.05, 0) is 0 Å². The predicted molar refractivity (Wildman–Crippen MR) is 87.0 cm³/mol. The summed E-state index contributed by atoms with van der Waals surface area (Å²) in [4.78, 5) is 42.0. The number of nitro benzene ring substituents is 1. The zero-order chi connectivity index (χ0) is 19.0. The first kappa shape index (κ1) is 16.4. The van der Waals surface area contributed by atoms with Gasteiger partial charge in [0.15, 0.2) is 11.4 Å². The van der Waals surface area contributed by atoms with Gasteiger partial charge in [0.1, 0.15) is 12.1 Å². The van der Waals surface area contributed by atoms with Gasteiger partial charge in [-0.25, -0.2) is 4.98 Å². The van der Waals surface area contributed by atoms with Gasteiger partial charge in [-0.15, -0.1) is 0 Å². The molecule has 0 unspecified atom stereocenters. The molecule has 0 radical (unpaired) electrons. The lowest BCUT2D eigenvalue weighted by molar-refractivity contribution is -0.384. The zero-order valence-electron chi connectivity index (χ0n) is 12.8. The van der Waals surface area contributed by atoms with Crippen LogP contribution in [0.5, 0.6) is 0 Å². The molecule has 0 bridgehead atoms. The molecule has 0 aliphatic heterocycles. The van der Waals surface area contributed by atoms with Crippen LogP contribution in [0.2, 0.25) is 0 Å². The second-order valence-electron chi connectivity index (χ2n) is 5.17. The molecule has 0 fully saturated rings. The number of aromatic nitrogens is 4. The molecular weight excluding hydrogens is 344 g/mol. The first-order chi connectivity index (χ1) is 12.3. The van der Waals surface area contributed by atoms with Crippen molar-refractivity contribution >= 4 is 22.7 Å². The summed E-state index contributed by atoms with van der Waals surface area (Å²) in [5.74, 6) is -0.149. The summed E-state index contributed by atoms with van der Waals surface area (Å²) in [6.45, 7) is -0.191. The fourth-order valence-corrected chi connectivity index (χ4v) is 2.50. The van der Waals surface area contributed by atoms with Crippen LogP contribution in [0.1, 0.15) is 17.0 Å². The largest absolute Gasteiger partial charge is 0.369 e. The van der Waals surface area contributed by atoms with Gasteiger partial charge in [0.05, 0.1) is 22.5 Å². The lowest BCUT2D eigenvalue weighted by atomic mass is 10.1. The number of nitrogens with zero attached hydrogens (tertiary/aromatic N) is 5. The van der Waals surface area contributed by atoms with E-state index >= 15 is 0 Å². The number of rotatable bonds is 3. The Morgan fingerprint density at radius 1 is 1.23 bits per heavy atom. The van der Waals surface area contributed by atoms with Gasteiger partial charge in [-0.1, -0.05) is 0 Å². The first-order valence-electron chi connectivity index (χ1n) is 6.95. The van der Waals surface area contributed by atoms with Crippen molar-refractivity contribution in [2.75, 3.05) is 5.73 Å². The Hall–Kier alpha value is -4.45. The maximum Gasteiger partial charge on any atom is 0.314 e. The molecule has 12 nitrogen and oxygen atoms in total. The Labute approximate surface area is 142 Å². The number of hydrogen-bond acceptors (Lipinski definition) is 8. The van der Waals surface area contributed by atoms with E-state index in [9.17, 15) is 25.0 Å². The van der Waals surface area contributed by atoms with Crippen molar-refractivity contribution in [3.05, 3.63) is 59.9 Å². The second kappa shape index (κ2) is 5.88. The van der Waals surface area contributed by atoms with Gasteiger partial charge in [0.25, 0.3) is 5.69 Å². The second-order valence-corrected chi connectivity index (χ2v) is 5.17. The molecule has 0 aliphatic carbocycles. The zero-order valence-corrected chi connectivity index (χ0v) is 12.8. The minimum atomic E-state index is -0.962. The van der Waals surface area contributed by atoms with Crippen molar-refractivity contribution in [3.63, 3.8) is 0 Å². The van der Waals surface area contributed by atoms with E-state index in [0.29, 0.717) is 0 Å². The van der Waals surface area contributed by atoms with E-state index in [1.807, 2.05) is 0 Å². The van der Waals surface area contributed by atoms with Crippen LogP contribution in [0.3, 0.4) is 0 Å². The monoisotopic (exact) mass is 352 g/mol. The quantitative estimate of drug-likeness (QED) is 0.323. The molecule has 0 atom stereocenters. The van der Waals surface area contributed by atoms with Crippen LogP contribution in [-0.2, 0) is 6.54 Å². The normalized spacial score (nSPS) is 10.4. The van der Waals surface area contributed by atoms with Crippen LogP contribution in [0.15, 0.2) is 21.7 Å². The third kappa shape index (κ3) is 2.53. The summed E-state index contributed by atoms with van der Waals surface area (Å²) >= 11 is 0. The molecule has 128 valence electrons. The number of anilines is 1. The van der Waals surface area contributed by atoms with Crippen molar-refractivity contribution in [2.24, 2.45) is 0 Å². The molecule has 26 heavy (non-hydrogen) atoms. The summed E-state index contributed by atoms with van der Waals surface area (Å²) in [6, 6.07) is 5.79. The highest BCUT2D eigenvalue weighted by Crippen LogP contribution is 2.24. The van der Waals surface area contributed by atoms with Gasteiger partial charge < -0.3 is 15.7 Å². The van der Waals surface area contributed by atoms with Crippen LogP contribution < -0.4 is 16.9 Å². The van der Waals surface area contributed by atoms with Crippen LogP contribution >= 0.6 is 0 Å². The highest BCUT2D eigenvalue weighted by atomic mass is 16.6. The Morgan fingerprint density at radius 2 is 1.92 bits per heavy atom. The van der Waals surface area contributed by atoms with Crippen LogP contribution in [-0.4, -0.2) is 24.4 Å². The number of nitrogens with one attached hydrogen (secondary N) is 2. The summed E-state index contributed by atoms with van der Waals surface area (Å²) in [5, 5.41) is 29.4. The topological polar surface area (TPSA) is 200 Å². The molecule has 3 aromatic rings. The highest BCUT2D eigenvalue weighted by Gasteiger charge is 2.19. The van der Waals surface area contributed by atoms with Crippen molar-refractivity contribution in [1.29, 1.82) is 10.5 Å². The van der Waals surface area contributed by atoms with E-state index in [0.717, 1.165) is 6.07 Å². The van der Waals surface area contributed by atoms with E-state index in [1.54, 1.807) is 12.1 Å². The maximum atomic E-state index is 11.6. The number of non-ortho nitro benzene ring substituents is 1. The Bertz CT molecular complexity index is 1270. The van der Waals surface area contributed by atoms with Crippen molar-refractivity contribution in [3.8, 4) is 12.1 Å². The fourth-order valence-electron chi connectivity index (χ4n) is 2.50. The fraction of sp³-hybridized carbons (Fsp3) is 0.0714. The Morgan fingerprint density at radius 3 is 2.54 bits per heavy atom. The van der Waals surface area contributed by atoms with Gasteiger partial charge in [-0.3, -0.25) is 24.3 Å². The first-order valence-corrected chi connectivity index (χ1v) is 6.95. The number of aromatic amines is 2. The number of hydrogen-bond donors (Lipinski definition) is 3. The number of nitrogen functional groups attached to an aromatic ring is 1. The number of benzene rings is 1. The third-order valence-electron chi connectivity index (χ3n) is 3.65. The van der Waals surface area contributed by atoms with Crippen LogP contribution in [0.4, 0.5) is 11.6 Å². The van der Waals surface area contributed by atoms with Crippen molar-refractivity contribution in [2.45, 2.75) is 6.54 Å². The molecular formula is C14H8N8O4. The smallest absolute Gasteiger partial charge is 0.314 e. The molecule has 1 aromatic carbocycles. The average Bonchev–Trinajstić information content (AvgIpc) is 2.91. The minimum Gasteiger partial charge on any atom is -0.369 e. The molecule has 2 aromatic heterocycles. The van der Waals surface area contributed by atoms with E-state index in [4.69, 9.17) is 11.0 Å². The SMILES string of the molecule is N#Cc1nc(N)n(Cc2cc([N+](=O)[O-])cc3[nH]c(=O)c(=O)[nH]c23)c1C#N. The van der Waals surface area contributed by atoms with E-state index < -0.39 is 16.0 Å². The molecule has 12 heteroatoms.